The average Bonchev–Trinajstić information content (AvgIpc) is 2.38. The van der Waals surface area contributed by atoms with E-state index >= 15 is 0 Å². The zero-order chi connectivity index (χ0) is 14.9. The largest absolute Gasteiger partial charge is 0.326 e. The molecule has 0 bridgehead atoms. The van der Waals surface area contributed by atoms with Crippen molar-refractivity contribution in [3.63, 3.8) is 0 Å². The Kier molecular flexibility index (Phi) is 4.13. The molecular formula is C14H18ClN3O2. The fourth-order valence-electron chi connectivity index (χ4n) is 2.14. The third-order valence-electron chi connectivity index (χ3n) is 3.65. The smallest absolute Gasteiger partial charge is 0.246 e. The second kappa shape index (κ2) is 5.52. The first-order chi connectivity index (χ1) is 9.34. The van der Waals surface area contributed by atoms with E-state index in [9.17, 15) is 9.59 Å². The van der Waals surface area contributed by atoms with Gasteiger partial charge in [-0.2, -0.15) is 0 Å². The minimum Gasteiger partial charge on any atom is -0.326 e. The normalized spacial score (nSPS) is 19.0. The van der Waals surface area contributed by atoms with Crippen molar-refractivity contribution < 1.29 is 9.59 Å². The first-order valence-corrected chi connectivity index (χ1v) is 6.79. The number of nitrogens with two attached hydrogens (primary N) is 1. The van der Waals surface area contributed by atoms with Gasteiger partial charge in [-0.1, -0.05) is 23.7 Å². The van der Waals surface area contributed by atoms with Gasteiger partial charge in [-0.15, -0.1) is 0 Å². The maximum atomic E-state index is 11.9. The second-order valence-electron chi connectivity index (χ2n) is 5.42. The van der Waals surface area contributed by atoms with Crippen molar-refractivity contribution in [3.05, 3.63) is 34.3 Å². The van der Waals surface area contributed by atoms with Gasteiger partial charge < -0.3 is 5.73 Å². The Morgan fingerprint density at radius 3 is 2.70 bits per heavy atom. The summed E-state index contributed by atoms with van der Waals surface area (Å²) in [6.07, 6.45) is 0. The average molecular weight is 296 g/mol. The van der Waals surface area contributed by atoms with Crippen LogP contribution >= 0.6 is 11.6 Å². The number of hydrogen-bond donors (Lipinski definition) is 2. The van der Waals surface area contributed by atoms with Gasteiger partial charge in [0.25, 0.3) is 0 Å². The number of piperazine rings is 1. The van der Waals surface area contributed by atoms with Gasteiger partial charge in [0, 0.05) is 18.1 Å². The number of benzene rings is 1. The number of nitrogens with zero attached hydrogens (tertiary/aromatic N) is 1. The van der Waals surface area contributed by atoms with Gasteiger partial charge in [-0.25, -0.2) is 0 Å². The molecule has 0 radical (unpaired) electrons. The molecule has 6 heteroatoms. The first kappa shape index (κ1) is 15.0. The van der Waals surface area contributed by atoms with E-state index in [0.29, 0.717) is 18.1 Å². The molecular weight excluding hydrogens is 278 g/mol. The number of nitrogens with one attached hydrogen (secondary N) is 1. The summed E-state index contributed by atoms with van der Waals surface area (Å²) in [4.78, 5) is 25.2. The topological polar surface area (TPSA) is 75.4 Å². The Morgan fingerprint density at radius 2 is 2.10 bits per heavy atom. The molecule has 1 fully saturated rings. The number of hydrogen-bond acceptors (Lipinski definition) is 4. The fourth-order valence-corrected chi connectivity index (χ4v) is 2.40. The number of halogens is 1. The van der Waals surface area contributed by atoms with E-state index in [1.54, 1.807) is 13.8 Å². The molecule has 0 saturated carbocycles. The van der Waals surface area contributed by atoms with Gasteiger partial charge in [0.05, 0.1) is 12.1 Å². The van der Waals surface area contributed by atoms with Crippen molar-refractivity contribution in [1.82, 2.24) is 10.2 Å². The molecule has 1 aliphatic heterocycles. The van der Waals surface area contributed by atoms with E-state index in [4.69, 9.17) is 17.3 Å². The lowest BCUT2D eigenvalue weighted by molar-refractivity contribution is -0.145. The third kappa shape index (κ3) is 2.85. The van der Waals surface area contributed by atoms with Crippen LogP contribution in [-0.4, -0.2) is 28.8 Å². The zero-order valence-electron chi connectivity index (χ0n) is 11.6. The molecule has 0 spiro atoms. The van der Waals surface area contributed by atoms with Crippen LogP contribution in [0.4, 0.5) is 0 Å². The van der Waals surface area contributed by atoms with Crippen molar-refractivity contribution in [2.75, 3.05) is 6.54 Å². The molecule has 108 valence electrons. The summed E-state index contributed by atoms with van der Waals surface area (Å²) in [5.41, 5.74) is 6.64. The summed E-state index contributed by atoms with van der Waals surface area (Å²) in [6.45, 7) is 4.62. The van der Waals surface area contributed by atoms with Crippen molar-refractivity contribution >= 4 is 23.4 Å². The van der Waals surface area contributed by atoms with Gasteiger partial charge in [-0.3, -0.25) is 19.8 Å². The van der Waals surface area contributed by atoms with Crippen LogP contribution in [0.25, 0.3) is 0 Å². The predicted octanol–water partition coefficient (Wildman–Crippen LogP) is 1.04. The quantitative estimate of drug-likeness (QED) is 0.817. The highest BCUT2D eigenvalue weighted by molar-refractivity contribution is 6.31. The molecule has 0 aliphatic carbocycles. The van der Waals surface area contributed by atoms with Crippen LogP contribution in [0.2, 0.25) is 5.02 Å². The van der Waals surface area contributed by atoms with Crippen LogP contribution in [-0.2, 0) is 22.7 Å². The maximum absolute atomic E-state index is 11.9. The van der Waals surface area contributed by atoms with Gasteiger partial charge in [0.2, 0.25) is 11.8 Å². The van der Waals surface area contributed by atoms with Crippen LogP contribution in [0, 0.1) is 0 Å². The highest BCUT2D eigenvalue weighted by Crippen LogP contribution is 2.25. The predicted molar refractivity (Wildman–Crippen MR) is 77.0 cm³/mol. The molecule has 2 rings (SSSR count). The monoisotopic (exact) mass is 295 g/mol. The van der Waals surface area contributed by atoms with E-state index in [-0.39, 0.29) is 18.4 Å². The van der Waals surface area contributed by atoms with Crippen molar-refractivity contribution in [3.8, 4) is 0 Å². The Bertz CT molecular complexity index is 557. The standard InChI is InChI=1S/C14H18ClN3O2/c1-14(2)13(20)17-12(19)8-18(14)7-10-4-3-9(6-16)5-11(10)15/h3-5H,6-8,16H2,1-2H3,(H,17,19,20). The van der Waals surface area contributed by atoms with E-state index < -0.39 is 5.54 Å². The van der Waals surface area contributed by atoms with Crippen LogP contribution in [0.15, 0.2) is 18.2 Å². The summed E-state index contributed by atoms with van der Waals surface area (Å²) in [7, 11) is 0. The van der Waals surface area contributed by atoms with Gasteiger partial charge >= 0.3 is 0 Å². The van der Waals surface area contributed by atoms with Crippen LogP contribution in [0.3, 0.4) is 0 Å². The minimum absolute atomic E-state index is 0.174. The lowest BCUT2D eigenvalue weighted by Crippen LogP contribution is -2.63. The molecule has 1 saturated heterocycles. The Labute approximate surface area is 123 Å². The summed E-state index contributed by atoms with van der Waals surface area (Å²) in [5, 5.41) is 2.95. The van der Waals surface area contributed by atoms with Gasteiger partial charge in [-0.05, 0) is 31.0 Å². The molecule has 1 aliphatic rings. The third-order valence-corrected chi connectivity index (χ3v) is 4.00. The van der Waals surface area contributed by atoms with E-state index in [1.165, 1.54) is 0 Å². The fraction of sp³-hybridized carbons (Fsp3) is 0.429. The van der Waals surface area contributed by atoms with Crippen molar-refractivity contribution in [1.29, 1.82) is 0 Å². The second-order valence-corrected chi connectivity index (χ2v) is 5.83. The lowest BCUT2D eigenvalue weighted by atomic mass is 9.97. The van der Waals surface area contributed by atoms with Gasteiger partial charge in [0.15, 0.2) is 0 Å². The zero-order valence-corrected chi connectivity index (χ0v) is 12.3. The number of carbonyl (C=O) groups is 2. The summed E-state index contributed by atoms with van der Waals surface area (Å²) < 4.78 is 0. The molecule has 1 aromatic carbocycles. The molecule has 0 unspecified atom stereocenters. The van der Waals surface area contributed by atoms with Crippen LogP contribution < -0.4 is 11.1 Å². The van der Waals surface area contributed by atoms with E-state index in [0.717, 1.165) is 11.1 Å². The highest BCUT2D eigenvalue weighted by atomic mass is 35.5. The molecule has 0 aromatic heterocycles. The molecule has 2 amide bonds. The van der Waals surface area contributed by atoms with Crippen molar-refractivity contribution in [2.45, 2.75) is 32.5 Å². The SMILES string of the molecule is CC1(C)C(=O)NC(=O)CN1Cc1ccc(CN)cc1Cl. The number of carbonyl (C=O) groups excluding carboxylic acids is 2. The van der Waals surface area contributed by atoms with E-state index in [1.807, 2.05) is 23.1 Å². The van der Waals surface area contributed by atoms with Crippen molar-refractivity contribution in [2.24, 2.45) is 5.73 Å². The molecule has 1 heterocycles. The molecule has 20 heavy (non-hydrogen) atoms. The maximum Gasteiger partial charge on any atom is 0.246 e. The lowest BCUT2D eigenvalue weighted by Gasteiger charge is -2.40. The summed E-state index contributed by atoms with van der Waals surface area (Å²) in [5.74, 6) is -0.576. The van der Waals surface area contributed by atoms with Crippen LogP contribution in [0.1, 0.15) is 25.0 Å². The highest BCUT2D eigenvalue weighted by Gasteiger charge is 2.40. The minimum atomic E-state index is -0.746. The number of imide groups is 1. The van der Waals surface area contributed by atoms with E-state index in [2.05, 4.69) is 5.32 Å². The Balaban J connectivity index is 2.24. The van der Waals surface area contributed by atoms with Gasteiger partial charge in [0.1, 0.15) is 0 Å². The summed E-state index contributed by atoms with van der Waals surface area (Å²) in [6, 6.07) is 5.60. The number of amides is 2. The number of rotatable bonds is 3. The molecule has 5 nitrogen and oxygen atoms in total. The van der Waals surface area contributed by atoms with Crippen LogP contribution in [0.5, 0.6) is 0 Å². The Hall–Kier alpha value is -1.43. The molecule has 1 aromatic rings. The Morgan fingerprint density at radius 1 is 1.40 bits per heavy atom. The molecule has 3 N–H and O–H groups in total. The first-order valence-electron chi connectivity index (χ1n) is 6.41. The molecule has 0 atom stereocenters. The summed E-state index contributed by atoms with van der Waals surface area (Å²) >= 11 is 6.23.